The van der Waals surface area contributed by atoms with Gasteiger partial charge in [0, 0.05) is 18.0 Å². The van der Waals surface area contributed by atoms with E-state index >= 15 is 0 Å². The molecule has 1 aromatic rings. The van der Waals surface area contributed by atoms with E-state index in [1.54, 1.807) is 6.08 Å². The fourth-order valence-electron chi connectivity index (χ4n) is 1.66. The Balaban J connectivity index is 1.89. The minimum atomic E-state index is -2.95. The molecule has 0 radical (unpaired) electrons. The second-order valence-corrected chi connectivity index (χ2v) is 6.06. The molecule has 0 bridgehead atoms. The summed E-state index contributed by atoms with van der Waals surface area (Å²) in [6.45, 7) is 2.74. The largest absolute Gasteiger partial charge is 0.305 e. The number of rotatable bonds is 3. The monoisotopic (exact) mass is 237 g/mol. The van der Waals surface area contributed by atoms with Crippen molar-refractivity contribution >= 4 is 9.84 Å². The average molecular weight is 237 g/mol. The van der Waals surface area contributed by atoms with Crippen molar-refractivity contribution in [2.75, 3.05) is 5.75 Å². The van der Waals surface area contributed by atoms with Gasteiger partial charge >= 0.3 is 0 Å². The third kappa shape index (κ3) is 2.93. The predicted octanol–water partition coefficient (Wildman–Crippen LogP) is 1.40. The van der Waals surface area contributed by atoms with Crippen LogP contribution in [0.25, 0.3) is 0 Å². The van der Waals surface area contributed by atoms with Gasteiger partial charge in [-0.15, -0.1) is 0 Å². The van der Waals surface area contributed by atoms with E-state index in [0.717, 1.165) is 0 Å². The first-order chi connectivity index (χ1) is 7.55. The van der Waals surface area contributed by atoms with Crippen LogP contribution < -0.4 is 5.32 Å². The second kappa shape index (κ2) is 4.39. The molecule has 1 unspecified atom stereocenters. The number of benzene rings is 1. The standard InChI is InChI=1S/C12H15NO2S/c1-10-2-4-11(5-3-10)8-13-12-6-7-16(14,15)9-12/h2-7,12-13H,8-9H2,1H3. The van der Waals surface area contributed by atoms with E-state index < -0.39 is 9.84 Å². The van der Waals surface area contributed by atoms with Crippen LogP contribution >= 0.6 is 0 Å². The number of hydrogen-bond donors (Lipinski definition) is 1. The van der Waals surface area contributed by atoms with Gasteiger partial charge in [0.15, 0.2) is 9.84 Å². The lowest BCUT2D eigenvalue weighted by atomic mass is 10.1. The molecular formula is C12H15NO2S. The lowest BCUT2D eigenvalue weighted by molar-refractivity contribution is 0.590. The molecule has 3 nitrogen and oxygen atoms in total. The summed E-state index contributed by atoms with van der Waals surface area (Å²) in [4.78, 5) is 0. The Morgan fingerprint density at radius 2 is 2.00 bits per heavy atom. The molecule has 0 aromatic heterocycles. The number of aryl methyl sites for hydroxylation is 1. The number of nitrogens with one attached hydrogen (secondary N) is 1. The van der Waals surface area contributed by atoms with Gasteiger partial charge in [-0.3, -0.25) is 0 Å². The zero-order valence-corrected chi connectivity index (χ0v) is 10.00. The molecule has 1 aromatic carbocycles. The molecular weight excluding hydrogens is 222 g/mol. The molecule has 16 heavy (non-hydrogen) atoms. The van der Waals surface area contributed by atoms with Gasteiger partial charge in [0.05, 0.1) is 5.75 Å². The second-order valence-electron chi connectivity index (χ2n) is 4.13. The molecule has 4 heteroatoms. The Labute approximate surface area is 96.1 Å². The van der Waals surface area contributed by atoms with E-state index in [0.29, 0.717) is 6.54 Å². The summed E-state index contributed by atoms with van der Waals surface area (Å²) >= 11 is 0. The van der Waals surface area contributed by atoms with E-state index in [2.05, 4.69) is 29.6 Å². The van der Waals surface area contributed by atoms with Gasteiger partial charge in [-0.25, -0.2) is 8.42 Å². The molecule has 0 saturated heterocycles. The van der Waals surface area contributed by atoms with Crippen LogP contribution in [0.3, 0.4) is 0 Å². The van der Waals surface area contributed by atoms with Gasteiger partial charge < -0.3 is 5.32 Å². The van der Waals surface area contributed by atoms with Crippen molar-refractivity contribution in [1.29, 1.82) is 0 Å². The van der Waals surface area contributed by atoms with Crippen LogP contribution in [-0.4, -0.2) is 20.2 Å². The molecule has 1 N–H and O–H groups in total. The normalized spacial score (nSPS) is 22.4. The summed E-state index contributed by atoms with van der Waals surface area (Å²) in [6.07, 6.45) is 1.71. The SMILES string of the molecule is Cc1ccc(CNC2C=CS(=O)(=O)C2)cc1. The first kappa shape index (κ1) is 11.4. The number of sulfone groups is 1. The topological polar surface area (TPSA) is 46.2 Å². The highest BCUT2D eigenvalue weighted by Gasteiger charge is 2.20. The van der Waals surface area contributed by atoms with Gasteiger partial charge in [-0.05, 0) is 12.5 Å². The van der Waals surface area contributed by atoms with Crippen LogP contribution in [0.1, 0.15) is 11.1 Å². The maximum Gasteiger partial charge on any atom is 0.173 e. The molecule has 0 fully saturated rings. The summed E-state index contributed by atoms with van der Waals surface area (Å²) in [6, 6.07) is 8.16. The first-order valence-electron chi connectivity index (χ1n) is 5.25. The summed E-state index contributed by atoms with van der Waals surface area (Å²) in [7, 11) is -2.95. The maximum absolute atomic E-state index is 11.2. The minimum absolute atomic E-state index is 0.0497. The first-order valence-corrected chi connectivity index (χ1v) is 6.97. The van der Waals surface area contributed by atoms with Crippen molar-refractivity contribution in [3.8, 4) is 0 Å². The van der Waals surface area contributed by atoms with Crippen molar-refractivity contribution < 1.29 is 8.42 Å². The summed E-state index contributed by atoms with van der Waals surface area (Å²) in [5.74, 6) is 0.179. The minimum Gasteiger partial charge on any atom is -0.305 e. The average Bonchev–Trinajstić information content (AvgIpc) is 2.58. The molecule has 0 spiro atoms. The zero-order chi connectivity index (χ0) is 11.6. The van der Waals surface area contributed by atoms with Crippen molar-refractivity contribution in [2.24, 2.45) is 0 Å². The van der Waals surface area contributed by atoms with E-state index in [1.807, 2.05) is 6.92 Å². The number of hydrogen-bond acceptors (Lipinski definition) is 3. The van der Waals surface area contributed by atoms with Gasteiger partial charge in [0.25, 0.3) is 0 Å². The van der Waals surface area contributed by atoms with Crippen LogP contribution in [0.15, 0.2) is 35.7 Å². The van der Waals surface area contributed by atoms with Gasteiger partial charge in [-0.2, -0.15) is 0 Å². The molecule has 1 aliphatic heterocycles. The van der Waals surface area contributed by atoms with Crippen LogP contribution in [0.4, 0.5) is 0 Å². The van der Waals surface area contributed by atoms with E-state index in [1.165, 1.54) is 16.5 Å². The molecule has 0 saturated carbocycles. The summed E-state index contributed by atoms with van der Waals surface area (Å²) < 4.78 is 22.3. The lowest BCUT2D eigenvalue weighted by Gasteiger charge is -2.09. The van der Waals surface area contributed by atoms with Crippen molar-refractivity contribution in [3.63, 3.8) is 0 Å². The van der Waals surface area contributed by atoms with Crippen LogP contribution in [0.2, 0.25) is 0 Å². The van der Waals surface area contributed by atoms with Gasteiger partial charge in [0.1, 0.15) is 0 Å². The quantitative estimate of drug-likeness (QED) is 0.864. The summed E-state index contributed by atoms with van der Waals surface area (Å²) in [5, 5.41) is 4.50. The van der Waals surface area contributed by atoms with Gasteiger partial charge in [-0.1, -0.05) is 35.9 Å². The lowest BCUT2D eigenvalue weighted by Crippen LogP contribution is -2.29. The smallest absolute Gasteiger partial charge is 0.173 e. The molecule has 0 amide bonds. The Morgan fingerprint density at radius 3 is 2.56 bits per heavy atom. The Morgan fingerprint density at radius 1 is 1.31 bits per heavy atom. The van der Waals surface area contributed by atoms with Crippen LogP contribution in [0.5, 0.6) is 0 Å². The highest BCUT2D eigenvalue weighted by molar-refractivity contribution is 7.94. The molecule has 1 heterocycles. The zero-order valence-electron chi connectivity index (χ0n) is 9.18. The highest BCUT2D eigenvalue weighted by Crippen LogP contribution is 2.09. The van der Waals surface area contributed by atoms with Crippen molar-refractivity contribution in [3.05, 3.63) is 46.9 Å². The van der Waals surface area contributed by atoms with E-state index in [4.69, 9.17) is 0 Å². The molecule has 1 atom stereocenters. The fraction of sp³-hybridized carbons (Fsp3) is 0.333. The van der Waals surface area contributed by atoms with Crippen molar-refractivity contribution in [2.45, 2.75) is 19.5 Å². The molecule has 1 aliphatic rings. The van der Waals surface area contributed by atoms with E-state index in [9.17, 15) is 8.42 Å². The third-order valence-electron chi connectivity index (χ3n) is 2.62. The Hall–Kier alpha value is -1.13. The van der Waals surface area contributed by atoms with Crippen LogP contribution in [-0.2, 0) is 16.4 Å². The predicted molar refractivity (Wildman–Crippen MR) is 64.7 cm³/mol. The highest BCUT2D eigenvalue weighted by atomic mass is 32.2. The van der Waals surface area contributed by atoms with Crippen LogP contribution in [0, 0.1) is 6.92 Å². The summed E-state index contributed by atoms with van der Waals surface area (Å²) in [5.41, 5.74) is 2.40. The molecule has 0 aliphatic carbocycles. The third-order valence-corrected chi connectivity index (χ3v) is 4.01. The van der Waals surface area contributed by atoms with E-state index in [-0.39, 0.29) is 11.8 Å². The Bertz CT molecular complexity index is 488. The fourth-order valence-corrected chi connectivity index (χ4v) is 2.93. The maximum atomic E-state index is 11.2. The Kier molecular flexibility index (Phi) is 3.12. The molecule has 86 valence electrons. The van der Waals surface area contributed by atoms with Crippen molar-refractivity contribution in [1.82, 2.24) is 5.32 Å². The van der Waals surface area contributed by atoms with Gasteiger partial charge in [0.2, 0.25) is 0 Å². The molecule has 2 rings (SSSR count).